The van der Waals surface area contributed by atoms with Crippen LogP contribution in [0.5, 0.6) is 5.88 Å². The van der Waals surface area contributed by atoms with Gasteiger partial charge in [-0.2, -0.15) is 4.31 Å². The van der Waals surface area contributed by atoms with Crippen molar-refractivity contribution in [1.82, 2.24) is 19.3 Å². The Morgan fingerprint density at radius 2 is 1.74 bits per heavy atom. The number of sulfonamides is 1. The van der Waals surface area contributed by atoms with Gasteiger partial charge in [0, 0.05) is 48.8 Å². The van der Waals surface area contributed by atoms with Crippen LogP contribution in [0.1, 0.15) is 6.92 Å². The number of fused-ring (bicyclic) bond motifs is 1. The largest absolute Gasteiger partial charge is 0.477 e. The molecule has 0 amide bonds. The zero-order chi connectivity index (χ0) is 23.5. The van der Waals surface area contributed by atoms with E-state index >= 15 is 0 Å². The highest BCUT2D eigenvalue weighted by atomic mass is 32.2. The molecule has 4 aromatic rings. The molecule has 1 saturated heterocycles. The molecule has 0 atom stereocenters. The number of pyridine rings is 3. The van der Waals surface area contributed by atoms with E-state index in [2.05, 4.69) is 15.0 Å². The summed E-state index contributed by atoms with van der Waals surface area (Å²) in [6, 6.07) is 13.4. The van der Waals surface area contributed by atoms with Gasteiger partial charge in [0.1, 0.15) is 4.90 Å². The third-order valence-corrected chi connectivity index (χ3v) is 7.65. The Hall–Kier alpha value is -3.40. The third kappa shape index (κ3) is 4.25. The SMILES string of the molecule is CCOc1ncc(-c2ccc3nccc(-c4ccncc4)c3c2)cc1S(=O)(=O)N1CCOCC1. The minimum Gasteiger partial charge on any atom is -0.477 e. The van der Waals surface area contributed by atoms with Crippen LogP contribution in [0.3, 0.4) is 0 Å². The second-order valence-corrected chi connectivity index (χ2v) is 9.71. The number of benzene rings is 1. The van der Waals surface area contributed by atoms with E-state index in [0.29, 0.717) is 38.5 Å². The van der Waals surface area contributed by atoms with Crippen LogP contribution in [-0.2, 0) is 14.8 Å². The molecule has 0 radical (unpaired) electrons. The van der Waals surface area contributed by atoms with Crippen LogP contribution in [0, 0.1) is 0 Å². The highest BCUT2D eigenvalue weighted by molar-refractivity contribution is 7.89. The number of nitrogens with zero attached hydrogens (tertiary/aromatic N) is 4. The molecular formula is C25H24N4O4S. The Morgan fingerprint density at radius 1 is 0.941 bits per heavy atom. The molecule has 1 aromatic carbocycles. The summed E-state index contributed by atoms with van der Waals surface area (Å²) < 4.78 is 39.2. The van der Waals surface area contributed by atoms with E-state index in [0.717, 1.165) is 27.6 Å². The van der Waals surface area contributed by atoms with Crippen LogP contribution in [0.4, 0.5) is 0 Å². The Kier molecular flexibility index (Phi) is 6.23. The molecule has 1 aliphatic rings. The fourth-order valence-electron chi connectivity index (χ4n) is 4.05. The van der Waals surface area contributed by atoms with Crippen LogP contribution in [0.2, 0.25) is 0 Å². The van der Waals surface area contributed by atoms with Crippen molar-refractivity contribution in [2.75, 3.05) is 32.9 Å². The Bertz CT molecular complexity index is 1420. The molecule has 0 aliphatic carbocycles. The van der Waals surface area contributed by atoms with Gasteiger partial charge in [0.15, 0.2) is 0 Å². The number of ether oxygens (including phenoxy) is 2. The number of rotatable bonds is 6. The summed E-state index contributed by atoms with van der Waals surface area (Å²) in [5.41, 5.74) is 4.42. The maximum absolute atomic E-state index is 13.5. The van der Waals surface area contributed by atoms with Crippen molar-refractivity contribution in [1.29, 1.82) is 0 Å². The molecule has 9 heteroatoms. The maximum atomic E-state index is 13.5. The van der Waals surface area contributed by atoms with Crippen molar-refractivity contribution in [3.05, 3.63) is 67.3 Å². The van der Waals surface area contributed by atoms with E-state index in [1.807, 2.05) is 36.4 Å². The van der Waals surface area contributed by atoms with Crippen molar-refractivity contribution in [2.24, 2.45) is 0 Å². The van der Waals surface area contributed by atoms with Crippen LogP contribution in [0.15, 0.2) is 72.1 Å². The normalized spacial score (nSPS) is 14.9. The zero-order valence-electron chi connectivity index (χ0n) is 18.7. The van der Waals surface area contributed by atoms with Crippen molar-refractivity contribution < 1.29 is 17.9 Å². The van der Waals surface area contributed by atoms with Gasteiger partial charge in [-0.3, -0.25) is 9.97 Å². The van der Waals surface area contributed by atoms with Crippen LogP contribution in [-0.4, -0.2) is 60.6 Å². The van der Waals surface area contributed by atoms with Crippen molar-refractivity contribution >= 4 is 20.9 Å². The summed E-state index contributed by atoms with van der Waals surface area (Å²) in [5, 5.41) is 0.956. The van der Waals surface area contributed by atoms with E-state index in [1.165, 1.54) is 4.31 Å². The Labute approximate surface area is 198 Å². The molecule has 0 spiro atoms. The standard InChI is InChI=1S/C25H24N4O4S/c1-2-33-25-24(34(30,31)29-11-13-32-14-12-29)16-20(17-28-25)19-3-4-23-22(15-19)21(7-10-27-23)18-5-8-26-9-6-18/h3-10,15-17H,2,11-14H2,1H3. The average Bonchev–Trinajstić information content (AvgIpc) is 2.89. The van der Waals surface area contributed by atoms with Gasteiger partial charge in [-0.25, -0.2) is 13.4 Å². The summed E-state index contributed by atoms with van der Waals surface area (Å²) in [4.78, 5) is 13.0. The van der Waals surface area contributed by atoms with Crippen LogP contribution >= 0.6 is 0 Å². The predicted octanol–water partition coefficient (Wildman–Crippen LogP) is 3.78. The van der Waals surface area contributed by atoms with Gasteiger partial charge in [-0.05, 0) is 60.0 Å². The van der Waals surface area contributed by atoms with Gasteiger partial charge < -0.3 is 9.47 Å². The Balaban J connectivity index is 1.63. The maximum Gasteiger partial charge on any atom is 0.248 e. The fourth-order valence-corrected chi connectivity index (χ4v) is 5.57. The van der Waals surface area contributed by atoms with Crippen molar-refractivity contribution in [3.8, 4) is 28.1 Å². The monoisotopic (exact) mass is 476 g/mol. The molecular weight excluding hydrogens is 452 g/mol. The van der Waals surface area contributed by atoms with Gasteiger partial charge in [0.2, 0.25) is 15.9 Å². The fraction of sp³-hybridized carbons (Fsp3) is 0.240. The van der Waals surface area contributed by atoms with Gasteiger partial charge in [-0.1, -0.05) is 6.07 Å². The molecule has 0 unspecified atom stereocenters. The van der Waals surface area contributed by atoms with Gasteiger partial charge >= 0.3 is 0 Å². The lowest BCUT2D eigenvalue weighted by molar-refractivity contribution is 0.0729. The van der Waals surface area contributed by atoms with E-state index in [1.54, 1.807) is 37.8 Å². The molecule has 0 N–H and O–H groups in total. The molecule has 1 fully saturated rings. The highest BCUT2D eigenvalue weighted by Gasteiger charge is 2.30. The number of aromatic nitrogens is 3. The lowest BCUT2D eigenvalue weighted by Crippen LogP contribution is -2.40. The highest BCUT2D eigenvalue weighted by Crippen LogP contribution is 2.34. The third-order valence-electron chi connectivity index (χ3n) is 5.75. The molecule has 0 bridgehead atoms. The number of hydrogen-bond donors (Lipinski definition) is 0. The average molecular weight is 477 g/mol. The van der Waals surface area contributed by atoms with Crippen molar-refractivity contribution in [2.45, 2.75) is 11.8 Å². The van der Waals surface area contributed by atoms with E-state index in [9.17, 15) is 8.42 Å². The zero-order valence-corrected chi connectivity index (χ0v) is 19.5. The second-order valence-electron chi connectivity index (χ2n) is 7.80. The molecule has 4 heterocycles. The summed E-state index contributed by atoms with van der Waals surface area (Å²) in [5.74, 6) is 0.109. The molecule has 34 heavy (non-hydrogen) atoms. The summed E-state index contributed by atoms with van der Waals surface area (Å²) >= 11 is 0. The molecule has 0 saturated carbocycles. The number of hydrogen-bond acceptors (Lipinski definition) is 7. The molecule has 8 nitrogen and oxygen atoms in total. The Morgan fingerprint density at radius 3 is 2.50 bits per heavy atom. The quantitative estimate of drug-likeness (QED) is 0.418. The summed E-state index contributed by atoms with van der Waals surface area (Å²) in [6.07, 6.45) is 6.94. The minimum atomic E-state index is -3.79. The van der Waals surface area contributed by atoms with E-state index in [-0.39, 0.29) is 10.8 Å². The predicted molar refractivity (Wildman–Crippen MR) is 129 cm³/mol. The first-order valence-corrected chi connectivity index (χ1v) is 12.5. The second kappa shape index (κ2) is 9.46. The lowest BCUT2D eigenvalue weighted by Gasteiger charge is -2.26. The topological polar surface area (TPSA) is 94.5 Å². The molecule has 174 valence electrons. The summed E-state index contributed by atoms with van der Waals surface area (Å²) in [7, 11) is -3.79. The van der Waals surface area contributed by atoms with Crippen LogP contribution in [0.25, 0.3) is 33.2 Å². The van der Waals surface area contributed by atoms with E-state index in [4.69, 9.17) is 9.47 Å². The molecule has 5 rings (SSSR count). The van der Waals surface area contributed by atoms with E-state index < -0.39 is 10.0 Å². The minimum absolute atomic E-state index is 0.0643. The first kappa shape index (κ1) is 22.4. The smallest absolute Gasteiger partial charge is 0.248 e. The number of morpholine rings is 1. The first-order valence-electron chi connectivity index (χ1n) is 11.1. The molecule has 3 aromatic heterocycles. The summed E-state index contributed by atoms with van der Waals surface area (Å²) in [6.45, 7) is 3.45. The molecule has 1 aliphatic heterocycles. The van der Waals surface area contributed by atoms with Gasteiger partial charge in [0.25, 0.3) is 0 Å². The van der Waals surface area contributed by atoms with Gasteiger partial charge in [-0.15, -0.1) is 0 Å². The van der Waals surface area contributed by atoms with Crippen molar-refractivity contribution in [3.63, 3.8) is 0 Å². The lowest BCUT2D eigenvalue weighted by atomic mass is 9.98. The first-order chi connectivity index (χ1) is 16.6. The van der Waals surface area contributed by atoms with Crippen LogP contribution < -0.4 is 4.74 Å². The van der Waals surface area contributed by atoms with Gasteiger partial charge in [0.05, 0.1) is 25.3 Å².